The number of likely N-dealkylation sites (tertiary alicyclic amines) is 1. The predicted molar refractivity (Wildman–Crippen MR) is 88.5 cm³/mol. The second-order valence-electron chi connectivity index (χ2n) is 5.52. The molecule has 0 amide bonds. The predicted octanol–water partition coefficient (Wildman–Crippen LogP) is 4.28. The van der Waals surface area contributed by atoms with Crippen LogP contribution >= 0.6 is 15.9 Å². The summed E-state index contributed by atoms with van der Waals surface area (Å²) in [4.78, 5) is 15.0. The lowest BCUT2D eigenvalue weighted by Crippen LogP contribution is -2.18. The molecule has 0 radical (unpaired) electrons. The number of carbonyl (C=O) groups excluding carboxylic acids is 1. The van der Waals surface area contributed by atoms with Crippen LogP contribution in [0.3, 0.4) is 0 Å². The summed E-state index contributed by atoms with van der Waals surface area (Å²) >= 11 is 3.39. The van der Waals surface area contributed by atoms with E-state index >= 15 is 0 Å². The van der Waals surface area contributed by atoms with E-state index in [0.717, 1.165) is 22.1 Å². The molecule has 3 heteroatoms. The van der Waals surface area contributed by atoms with Crippen molar-refractivity contribution in [1.29, 1.82) is 0 Å². The normalized spacial score (nSPS) is 15.3. The highest BCUT2D eigenvalue weighted by Gasteiger charge is 2.13. The Kier molecular flexibility index (Phi) is 4.51. The Morgan fingerprint density at radius 3 is 2.43 bits per heavy atom. The Bertz CT molecular complexity index is 630. The fraction of sp³-hybridized carbons (Fsp3) is 0.278. The largest absolute Gasteiger partial charge is 0.299 e. The van der Waals surface area contributed by atoms with Gasteiger partial charge in [-0.15, -0.1) is 0 Å². The average Bonchev–Trinajstić information content (AvgIpc) is 3.00. The molecule has 1 heterocycles. The first kappa shape index (κ1) is 14.5. The van der Waals surface area contributed by atoms with E-state index in [1.54, 1.807) is 0 Å². The molecule has 0 unspecified atom stereocenters. The van der Waals surface area contributed by atoms with Crippen molar-refractivity contribution in [2.24, 2.45) is 0 Å². The second-order valence-corrected chi connectivity index (χ2v) is 6.44. The molecule has 21 heavy (non-hydrogen) atoms. The molecule has 1 fully saturated rings. The third-order valence-corrected chi connectivity index (χ3v) is 4.43. The zero-order valence-corrected chi connectivity index (χ0v) is 13.5. The number of ketones is 1. The molecule has 108 valence electrons. The third kappa shape index (κ3) is 3.60. The van der Waals surface area contributed by atoms with Crippen molar-refractivity contribution >= 4 is 21.7 Å². The minimum absolute atomic E-state index is 0.0887. The highest BCUT2D eigenvalue weighted by Crippen LogP contribution is 2.17. The third-order valence-electron chi connectivity index (χ3n) is 3.90. The topological polar surface area (TPSA) is 20.3 Å². The Balaban J connectivity index is 1.78. The van der Waals surface area contributed by atoms with Crippen LogP contribution in [0.5, 0.6) is 0 Å². The molecule has 0 N–H and O–H groups in total. The number of nitrogens with zero attached hydrogens (tertiary/aromatic N) is 1. The van der Waals surface area contributed by atoms with Crippen LogP contribution in [-0.4, -0.2) is 23.8 Å². The van der Waals surface area contributed by atoms with Gasteiger partial charge in [-0.3, -0.25) is 9.69 Å². The summed E-state index contributed by atoms with van der Waals surface area (Å²) in [5.41, 5.74) is 2.73. The lowest BCUT2D eigenvalue weighted by molar-refractivity contribution is 0.103. The Labute approximate surface area is 133 Å². The van der Waals surface area contributed by atoms with Gasteiger partial charge in [0.05, 0.1) is 0 Å². The number of hydrogen-bond acceptors (Lipinski definition) is 2. The van der Waals surface area contributed by atoms with Crippen molar-refractivity contribution in [2.45, 2.75) is 19.4 Å². The van der Waals surface area contributed by atoms with Crippen LogP contribution in [0.2, 0.25) is 0 Å². The highest BCUT2D eigenvalue weighted by molar-refractivity contribution is 9.10. The fourth-order valence-corrected chi connectivity index (χ4v) is 3.04. The van der Waals surface area contributed by atoms with Gasteiger partial charge in [0.25, 0.3) is 0 Å². The van der Waals surface area contributed by atoms with Crippen molar-refractivity contribution in [1.82, 2.24) is 4.90 Å². The van der Waals surface area contributed by atoms with E-state index in [0.29, 0.717) is 0 Å². The monoisotopic (exact) mass is 343 g/mol. The second kappa shape index (κ2) is 6.54. The van der Waals surface area contributed by atoms with Crippen molar-refractivity contribution in [3.63, 3.8) is 0 Å². The van der Waals surface area contributed by atoms with Crippen LogP contribution < -0.4 is 0 Å². The molecule has 1 aliphatic rings. The van der Waals surface area contributed by atoms with Crippen molar-refractivity contribution in [2.75, 3.05) is 13.1 Å². The van der Waals surface area contributed by atoms with Crippen LogP contribution in [0, 0.1) is 0 Å². The van der Waals surface area contributed by atoms with Crippen molar-refractivity contribution in [3.8, 4) is 0 Å². The molecule has 1 aliphatic heterocycles. The average molecular weight is 344 g/mol. The molecular weight excluding hydrogens is 326 g/mol. The summed E-state index contributed by atoms with van der Waals surface area (Å²) in [6, 6.07) is 15.6. The molecule has 0 atom stereocenters. The van der Waals surface area contributed by atoms with Gasteiger partial charge in [0.15, 0.2) is 5.78 Å². The van der Waals surface area contributed by atoms with Crippen LogP contribution in [0.25, 0.3) is 0 Å². The minimum Gasteiger partial charge on any atom is -0.299 e. The molecule has 3 rings (SSSR count). The molecule has 0 spiro atoms. The molecule has 0 saturated carbocycles. The number of carbonyl (C=O) groups is 1. The van der Waals surface area contributed by atoms with Gasteiger partial charge in [0.1, 0.15) is 0 Å². The standard InChI is InChI=1S/C18H18BrNO/c19-17-8-6-15(7-9-17)18(21)16-5-3-4-14(12-16)13-20-10-1-2-11-20/h3-9,12H,1-2,10-11,13H2. The lowest BCUT2D eigenvalue weighted by Gasteiger charge is -2.15. The fourth-order valence-electron chi connectivity index (χ4n) is 2.78. The van der Waals surface area contributed by atoms with Crippen molar-refractivity contribution < 1.29 is 4.79 Å². The van der Waals surface area contributed by atoms with E-state index in [1.807, 2.05) is 42.5 Å². The minimum atomic E-state index is 0.0887. The van der Waals surface area contributed by atoms with Gasteiger partial charge in [-0.25, -0.2) is 0 Å². The first-order valence-electron chi connectivity index (χ1n) is 7.34. The first-order valence-corrected chi connectivity index (χ1v) is 8.13. The maximum absolute atomic E-state index is 12.5. The van der Waals surface area contributed by atoms with Gasteiger partial charge >= 0.3 is 0 Å². The van der Waals surface area contributed by atoms with E-state index < -0.39 is 0 Å². The molecule has 2 aromatic rings. The summed E-state index contributed by atoms with van der Waals surface area (Å²) in [6.45, 7) is 3.29. The van der Waals surface area contributed by atoms with E-state index in [2.05, 4.69) is 26.9 Å². The van der Waals surface area contributed by atoms with Gasteiger partial charge in [-0.1, -0.05) is 34.1 Å². The lowest BCUT2D eigenvalue weighted by atomic mass is 10.0. The quantitative estimate of drug-likeness (QED) is 0.772. The van der Waals surface area contributed by atoms with E-state index in [9.17, 15) is 4.79 Å². The van der Waals surface area contributed by atoms with E-state index in [1.165, 1.54) is 31.5 Å². The maximum Gasteiger partial charge on any atom is 0.193 e. The summed E-state index contributed by atoms with van der Waals surface area (Å²) in [5.74, 6) is 0.0887. The van der Waals surface area contributed by atoms with Gasteiger partial charge < -0.3 is 0 Å². The molecule has 2 aromatic carbocycles. The zero-order chi connectivity index (χ0) is 14.7. The number of hydrogen-bond donors (Lipinski definition) is 0. The van der Waals surface area contributed by atoms with Gasteiger partial charge in [-0.2, -0.15) is 0 Å². The molecule has 2 nitrogen and oxygen atoms in total. The molecule has 0 aliphatic carbocycles. The maximum atomic E-state index is 12.5. The first-order chi connectivity index (χ1) is 10.2. The van der Waals surface area contributed by atoms with Gasteiger partial charge in [0, 0.05) is 22.1 Å². The molecule has 0 aromatic heterocycles. The summed E-state index contributed by atoms with van der Waals surface area (Å²) < 4.78 is 0.988. The number of benzene rings is 2. The highest BCUT2D eigenvalue weighted by atomic mass is 79.9. The van der Waals surface area contributed by atoms with Gasteiger partial charge in [0.2, 0.25) is 0 Å². The summed E-state index contributed by atoms with van der Waals surface area (Å²) in [7, 11) is 0. The molecule has 0 bridgehead atoms. The van der Waals surface area contributed by atoms with Crippen LogP contribution in [0.4, 0.5) is 0 Å². The molecule has 1 saturated heterocycles. The molecular formula is C18H18BrNO. The smallest absolute Gasteiger partial charge is 0.193 e. The van der Waals surface area contributed by atoms with Crippen LogP contribution in [-0.2, 0) is 6.54 Å². The SMILES string of the molecule is O=C(c1ccc(Br)cc1)c1cccc(CN2CCCC2)c1. The van der Waals surface area contributed by atoms with Crippen LogP contribution in [0.15, 0.2) is 53.0 Å². The Morgan fingerprint density at radius 2 is 1.71 bits per heavy atom. The van der Waals surface area contributed by atoms with E-state index in [-0.39, 0.29) is 5.78 Å². The van der Waals surface area contributed by atoms with Gasteiger partial charge in [-0.05, 0) is 61.8 Å². The summed E-state index contributed by atoms with van der Waals surface area (Å²) in [6.07, 6.45) is 2.58. The van der Waals surface area contributed by atoms with E-state index in [4.69, 9.17) is 0 Å². The van der Waals surface area contributed by atoms with Crippen LogP contribution in [0.1, 0.15) is 34.3 Å². The number of rotatable bonds is 4. The van der Waals surface area contributed by atoms with Crippen molar-refractivity contribution in [3.05, 3.63) is 69.7 Å². The Morgan fingerprint density at radius 1 is 1.00 bits per heavy atom. The number of halogens is 1. The summed E-state index contributed by atoms with van der Waals surface area (Å²) in [5, 5.41) is 0. The zero-order valence-electron chi connectivity index (χ0n) is 11.9. The Hall–Kier alpha value is -1.45.